The van der Waals surface area contributed by atoms with Crippen LogP contribution in [0.1, 0.15) is 51.5 Å². The first-order valence-electron chi connectivity index (χ1n) is 10.9. The van der Waals surface area contributed by atoms with Gasteiger partial charge in [-0.2, -0.15) is 0 Å². The Kier molecular flexibility index (Phi) is 6.83. The molecule has 1 atom stereocenters. The summed E-state index contributed by atoms with van der Waals surface area (Å²) in [7, 11) is 0. The van der Waals surface area contributed by atoms with Crippen LogP contribution in [-0.2, 0) is 9.53 Å². The predicted molar refractivity (Wildman–Crippen MR) is 127 cm³/mol. The Morgan fingerprint density at radius 3 is 2.77 bits per heavy atom. The number of hydrogen-bond donors (Lipinski definition) is 0. The lowest BCUT2D eigenvalue weighted by atomic mass is 9.88. The maximum absolute atomic E-state index is 12.8. The molecule has 1 saturated carbocycles. The smallest absolute Gasteiger partial charge is 0.313 e. The molecule has 0 amide bonds. The van der Waals surface area contributed by atoms with E-state index in [4.69, 9.17) is 21.1 Å². The Labute approximate surface area is 192 Å². The summed E-state index contributed by atoms with van der Waals surface area (Å²) >= 11 is 8.37. The third-order valence-electron chi connectivity index (χ3n) is 5.55. The molecule has 0 saturated heterocycles. The van der Waals surface area contributed by atoms with Crippen molar-refractivity contribution in [1.82, 2.24) is 4.98 Å². The van der Waals surface area contributed by atoms with Crippen molar-refractivity contribution in [3.8, 4) is 16.9 Å². The average Bonchev–Trinajstić information content (AvgIpc) is 3.44. The number of benzene rings is 2. The van der Waals surface area contributed by atoms with Crippen LogP contribution in [-0.4, -0.2) is 24.2 Å². The zero-order valence-electron chi connectivity index (χ0n) is 18.2. The number of esters is 1. The van der Waals surface area contributed by atoms with Crippen molar-refractivity contribution in [2.45, 2.75) is 46.0 Å². The Morgan fingerprint density at radius 1 is 1.26 bits per heavy atom. The molecule has 3 aromatic rings. The van der Waals surface area contributed by atoms with Crippen molar-refractivity contribution >= 4 is 39.1 Å². The number of halogens is 1. The van der Waals surface area contributed by atoms with Gasteiger partial charge < -0.3 is 9.47 Å². The van der Waals surface area contributed by atoms with Gasteiger partial charge in [0.25, 0.3) is 0 Å². The molecule has 1 aliphatic rings. The van der Waals surface area contributed by atoms with Crippen molar-refractivity contribution in [3.63, 3.8) is 0 Å². The Hall–Kier alpha value is -2.11. The minimum atomic E-state index is -0.360. The van der Waals surface area contributed by atoms with Crippen LogP contribution < -0.4 is 4.74 Å². The van der Waals surface area contributed by atoms with E-state index in [2.05, 4.69) is 31.0 Å². The maximum atomic E-state index is 12.8. The highest BCUT2D eigenvalue weighted by Gasteiger charge is 2.27. The molecule has 31 heavy (non-hydrogen) atoms. The van der Waals surface area contributed by atoms with E-state index >= 15 is 0 Å². The van der Waals surface area contributed by atoms with Gasteiger partial charge in [-0.25, -0.2) is 4.98 Å². The second kappa shape index (κ2) is 9.58. The lowest BCUT2D eigenvalue weighted by Gasteiger charge is -2.21. The molecule has 1 fully saturated rings. The maximum Gasteiger partial charge on any atom is 0.313 e. The molecule has 1 unspecified atom stereocenters. The highest BCUT2D eigenvalue weighted by Crippen LogP contribution is 2.42. The first kappa shape index (κ1) is 22.1. The lowest BCUT2D eigenvalue weighted by Crippen LogP contribution is -2.18. The second-order valence-electron chi connectivity index (χ2n) is 8.60. The van der Waals surface area contributed by atoms with Crippen LogP contribution in [0, 0.1) is 11.8 Å². The van der Waals surface area contributed by atoms with Gasteiger partial charge in [0.1, 0.15) is 5.75 Å². The predicted octanol–water partition coefficient (Wildman–Crippen LogP) is 7.10. The van der Waals surface area contributed by atoms with Crippen molar-refractivity contribution in [3.05, 3.63) is 46.4 Å². The molecule has 0 radical (unpaired) electrons. The standard InChI is InChI=1S/C25H28ClNO3S/c1-4-29-25(28)20(9-15(2)3)18-10-19(17-7-8-22-23(12-17)31-14-27-22)24(21(26)11-18)30-13-16-5-6-16/h7-8,10-12,14-16,20H,4-6,9,13H2,1-3H3. The van der Waals surface area contributed by atoms with E-state index < -0.39 is 0 Å². The molecule has 4 nitrogen and oxygen atoms in total. The molecule has 6 heteroatoms. The van der Waals surface area contributed by atoms with Crippen LogP contribution in [0.15, 0.2) is 35.8 Å². The second-order valence-corrected chi connectivity index (χ2v) is 9.90. The van der Waals surface area contributed by atoms with Crippen LogP contribution in [0.2, 0.25) is 5.02 Å². The number of carbonyl (C=O) groups excluding carboxylic acids is 1. The van der Waals surface area contributed by atoms with Crippen LogP contribution in [0.5, 0.6) is 5.75 Å². The fourth-order valence-corrected chi connectivity index (χ4v) is 4.77. The normalized spacial score (nSPS) is 14.7. The van der Waals surface area contributed by atoms with Crippen LogP contribution in [0.3, 0.4) is 0 Å². The van der Waals surface area contributed by atoms with E-state index in [9.17, 15) is 4.79 Å². The van der Waals surface area contributed by atoms with Crippen molar-refractivity contribution in [1.29, 1.82) is 0 Å². The average molecular weight is 458 g/mol. The number of nitrogens with zero attached hydrogens (tertiary/aromatic N) is 1. The van der Waals surface area contributed by atoms with Gasteiger partial charge in [0, 0.05) is 5.56 Å². The fourth-order valence-electron chi connectivity index (χ4n) is 3.77. The molecule has 0 N–H and O–H groups in total. The first-order chi connectivity index (χ1) is 15.0. The summed E-state index contributed by atoms with van der Waals surface area (Å²) in [4.78, 5) is 17.2. The van der Waals surface area contributed by atoms with Crippen LogP contribution >= 0.6 is 22.9 Å². The van der Waals surface area contributed by atoms with Crippen molar-refractivity contribution in [2.75, 3.05) is 13.2 Å². The number of hydrogen-bond acceptors (Lipinski definition) is 5. The van der Waals surface area contributed by atoms with Gasteiger partial charge in [-0.05, 0) is 73.4 Å². The van der Waals surface area contributed by atoms with Gasteiger partial charge >= 0.3 is 5.97 Å². The molecule has 1 heterocycles. The summed E-state index contributed by atoms with van der Waals surface area (Å²) in [6, 6.07) is 10.1. The Morgan fingerprint density at radius 2 is 2.06 bits per heavy atom. The third kappa shape index (κ3) is 5.21. The minimum absolute atomic E-state index is 0.206. The third-order valence-corrected chi connectivity index (χ3v) is 6.62. The summed E-state index contributed by atoms with van der Waals surface area (Å²) in [5.74, 6) is 1.08. The first-order valence-corrected chi connectivity index (χ1v) is 12.2. The molecule has 0 aliphatic heterocycles. The number of carbonyl (C=O) groups is 1. The number of rotatable bonds is 9. The number of fused-ring (bicyclic) bond motifs is 1. The number of thiazole rings is 1. The summed E-state index contributed by atoms with van der Waals surface area (Å²) < 4.78 is 12.7. The molecular weight excluding hydrogens is 430 g/mol. The summed E-state index contributed by atoms with van der Waals surface area (Å²) in [6.07, 6.45) is 3.11. The van der Waals surface area contributed by atoms with Crippen molar-refractivity contribution < 1.29 is 14.3 Å². The zero-order chi connectivity index (χ0) is 22.0. The largest absolute Gasteiger partial charge is 0.491 e. The monoisotopic (exact) mass is 457 g/mol. The van der Waals surface area contributed by atoms with Gasteiger partial charge in [0.2, 0.25) is 0 Å². The van der Waals surface area contributed by atoms with E-state index in [0.29, 0.717) is 42.2 Å². The molecule has 4 rings (SSSR count). The van der Waals surface area contributed by atoms with Crippen LogP contribution in [0.4, 0.5) is 0 Å². The van der Waals surface area contributed by atoms with E-state index in [-0.39, 0.29) is 11.9 Å². The molecule has 1 aromatic heterocycles. The number of aromatic nitrogens is 1. The minimum Gasteiger partial charge on any atom is -0.491 e. The Balaban J connectivity index is 1.80. The number of ether oxygens (including phenoxy) is 2. The molecule has 2 aromatic carbocycles. The van der Waals surface area contributed by atoms with Gasteiger partial charge in [0.15, 0.2) is 0 Å². The highest BCUT2D eigenvalue weighted by atomic mass is 35.5. The summed E-state index contributed by atoms with van der Waals surface area (Å²) in [6.45, 7) is 7.09. The van der Waals surface area contributed by atoms with E-state index in [1.165, 1.54) is 12.8 Å². The quantitative estimate of drug-likeness (QED) is 0.321. The molecule has 0 bridgehead atoms. The molecule has 164 valence electrons. The summed E-state index contributed by atoms with van der Waals surface area (Å²) in [5.41, 5.74) is 5.62. The van der Waals surface area contributed by atoms with Crippen molar-refractivity contribution in [2.24, 2.45) is 11.8 Å². The van der Waals surface area contributed by atoms with E-state index in [0.717, 1.165) is 26.9 Å². The zero-order valence-corrected chi connectivity index (χ0v) is 19.8. The highest BCUT2D eigenvalue weighted by molar-refractivity contribution is 7.16. The van der Waals surface area contributed by atoms with E-state index in [1.807, 2.05) is 30.6 Å². The van der Waals surface area contributed by atoms with Gasteiger partial charge in [0.05, 0.1) is 39.9 Å². The fraction of sp³-hybridized carbons (Fsp3) is 0.440. The topological polar surface area (TPSA) is 48.4 Å². The molecule has 1 aliphatic carbocycles. The van der Waals surface area contributed by atoms with Gasteiger partial charge in [-0.15, -0.1) is 11.3 Å². The summed E-state index contributed by atoms with van der Waals surface area (Å²) in [5, 5.41) is 0.538. The SMILES string of the molecule is CCOC(=O)C(CC(C)C)c1cc(Cl)c(OCC2CC2)c(-c2ccc3ncsc3c2)c1. The Bertz CT molecular complexity index is 1070. The van der Waals surface area contributed by atoms with Gasteiger partial charge in [-0.1, -0.05) is 31.5 Å². The van der Waals surface area contributed by atoms with Gasteiger partial charge in [-0.3, -0.25) is 4.79 Å². The van der Waals surface area contributed by atoms with E-state index in [1.54, 1.807) is 11.3 Å². The lowest BCUT2D eigenvalue weighted by molar-refractivity contribution is -0.145. The van der Waals surface area contributed by atoms with Crippen LogP contribution in [0.25, 0.3) is 21.3 Å². The molecule has 0 spiro atoms. The molecular formula is C25H28ClNO3S.